The van der Waals surface area contributed by atoms with Crippen LogP contribution in [0.4, 0.5) is 9.18 Å². The van der Waals surface area contributed by atoms with Crippen molar-refractivity contribution in [2.45, 2.75) is 57.9 Å². The normalized spacial score (nSPS) is 23.5. The number of nitrogens with zero attached hydrogens (tertiary/aromatic N) is 4. The van der Waals surface area contributed by atoms with E-state index in [4.69, 9.17) is 4.52 Å². The van der Waals surface area contributed by atoms with Crippen molar-refractivity contribution in [3.05, 3.63) is 46.9 Å². The second-order valence-corrected chi connectivity index (χ2v) is 11.6. The zero-order chi connectivity index (χ0) is 29.4. The van der Waals surface area contributed by atoms with E-state index in [1.165, 1.54) is 11.2 Å². The van der Waals surface area contributed by atoms with Gasteiger partial charge in [0.1, 0.15) is 23.2 Å². The third-order valence-electron chi connectivity index (χ3n) is 8.73. The van der Waals surface area contributed by atoms with E-state index in [0.717, 1.165) is 30.6 Å². The Bertz CT molecular complexity index is 1440. The summed E-state index contributed by atoms with van der Waals surface area (Å²) < 4.78 is 21.2. The Morgan fingerprint density at radius 3 is 2.61 bits per heavy atom. The van der Waals surface area contributed by atoms with Gasteiger partial charge in [0.25, 0.3) is 5.91 Å². The quantitative estimate of drug-likeness (QED) is 0.385. The number of carbonyl (C=O) groups is 3. The summed E-state index contributed by atoms with van der Waals surface area (Å²) in [7, 11) is 3.21. The molecule has 12 heteroatoms. The van der Waals surface area contributed by atoms with Crippen LogP contribution in [0.15, 0.2) is 22.9 Å². The summed E-state index contributed by atoms with van der Waals surface area (Å²) in [6.07, 6.45) is 4.56. The molecule has 11 nitrogen and oxygen atoms in total. The highest BCUT2D eigenvalue weighted by molar-refractivity contribution is 5.95. The first-order valence-electron chi connectivity index (χ1n) is 14.2. The first-order valence-corrected chi connectivity index (χ1v) is 14.2. The molecule has 220 valence electrons. The molecule has 41 heavy (non-hydrogen) atoms. The molecule has 1 saturated carbocycles. The Kier molecular flexibility index (Phi) is 8.01. The SMILES string of the molecule is CCc1nocc1C(=O)NC(c1nc2c(F)c(C3CN(C(=O)O)CC3C(=O)N(C)C)ccc2[nH]1)C1CCC(C)CC1. The van der Waals surface area contributed by atoms with Crippen molar-refractivity contribution in [2.75, 3.05) is 27.2 Å². The first kappa shape index (κ1) is 28.6. The minimum absolute atomic E-state index is 0.00285. The molecule has 3 heterocycles. The molecule has 2 aromatic heterocycles. The predicted molar refractivity (Wildman–Crippen MR) is 148 cm³/mol. The number of rotatable bonds is 7. The number of H-pyrrole nitrogens is 1. The van der Waals surface area contributed by atoms with E-state index < -0.39 is 29.8 Å². The van der Waals surface area contributed by atoms with E-state index in [1.807, 2.05) is 6.92 Å². The topological polar surface area (TPSA) is 145 Å². The number of nitrogens with one attached hydrogen (secondary N) is 2. The third-order valence-corrected chi connectivity index (χ3v) is 8.73. The molecule has 1 saturated heterocycles. The van der Waals surface area contributed by atoms with Crippen LogP contribution in [0.1, 0.15) is 78.9 Å². The molecule has 3 N–H and O–H groups in total. The lowest BCUT2D eigenvalue weighted by molar-refractivity contribution is -0.132. The molecule has 0 spiro atoms. The van der Waals surface area contributed by atoms with Crippen molar-refractivity contribution < 1.29 is 28.4 Å². The van der Waals surface area contributed by atoms with Crippen molar-refractivity contribution in [1.29, 1.82) is 0 Å². The summed E-state index contributed by atoms with van der Waals surface area (Å²) in [4.78, 5) is 48.4. The maximum absolute atomic E-state index is 16.2. The van der Waals surface area contributed by atoms with Crippen LogP contribution in [0.25, 0.3) is 11.0 Å². The molecule has 3 amide bonds. The van der Waals surface area contributed by atoms with Gasteiger partial charge in [0.15, 0.2) is 5.82 Å². The summed E-state index contributed by atoms with van der Waals surface area (Å²) in [5, 5.41) is 16.6. The van der Waals surface area contributed by atoms with E-state index in [2.05, 4.69) is 27.4 Å². The minimum atomic E-state index is -1.15. The van der Waals surface area contributed by atoms with Gasteiger partial charge in [-0.05, 0) is 42.7 Å². The lowest BCUT2D eigenvalue weighted by Gasteiger charge is -2.32. The van der Waals surface area contributed by atoms with Crippen molar-refractivity contribution in [1.82, 2.24) is 30.2 Å². The molecule has 0 radical (unpaired) electrons. The number of aromatic amines is 1. The lowest BCUT2D eigenvalue weighted by atomic mass is 9.79. The van der Waals surface area contributed by atoms with E-state index in [1.54, 1.807) is 26.2 Å². The van der Waals surface area contributed by atoms with Crippen LogP contribution >= 0.6 is 0 Å². The predicted octanol–water partition coefficient (Wildman–Crippen LogP) is 4.33. The molecule has 2 aliphatic rings. The average molecular weight is 569 g/mol. The van der Waals surface area contributed by atoms with Crippen LogP contribution in [0.3, 0.4) is 0 Å². The van der Waals surface area contributed by atoms with Crippen LogP contribution in [0, 0.1) is 23.6 Å². The van der Waals surface area contributed by atoms with Gasteiger partial charge in [-0.3, -0.25) is 9.59 Å². The van der Waals surface area contributed by atoms with Gasteiger partial charge >= 0.3 is 6.09 Å². The fourth-order valence-electron chi connectivity index (χ4n) is 6.31. The van der Waals surface area contributed by atoms with Crippen molar-refractivity contribution >= 4 is 28.9 Å². The van der Waals surface area contributed by atoms with Gasteiger partial charge in [0.2, 0.25) is 5.91 Å². The van der Waals surface area contributed by atoms with Gasteiger partial charge in [0.05, 0.1) is 23.2 Å². The average Bonchev–Trinajstić information content (AvgIpc) is 3.70. The Balaban J connectivity index is 1.50. The van der Waals surface area contributed by atoms with Gasteiger partial charge in [-0.1, -0.05) is 37.9 Å². The molecule has 1 aliphatic carbocycles. The van der Waals surface area contributed by atoms with Gasteiger partial charge in [-0.25, -0.2) is 14.2 Å². The largest absolute Gasteiger partial charge is 0.465 e. The number of carbonyl (C=O) groups excluding carboxylic acids is 2. The standard InChI is InChI=1S/C29H37FN6O5/c1-5-21-20(14-41-34-21)27(37)33-24(16-8-6-15(2)7-9-16)26-31-22-11-10-17(23(30)25(22)32-26)18-12-36(29(39)40)13-19(18)28(38)35(3)4/h10-11,14-16,18-19,24H,5-9,12-13H2,1-4H3,(H,31,32)(H,33,37)(H,39,40). The van der Waals surface area contributed by atoms with Gasteiger partial charge < -0.3 is 29.7 Å². The zero-order valence-electron chi connectivity index (χ0n) is 23.8. The number of hydrogen-bond acceptors (Lipinski definition) is 6. The number of imidazole rings is 1. The highest BCUT2D eigenvalue weighted by Crippen LogP contribution is 2.39. The Morgan fingerprint density at radius 1 is 1.22 bits per heavy atom. The molecule has 1 aromatic carbocycles. The Hall–Kier alpha value is -3.96. The Morgan fingerprint density at radius 2 is 1.95 bits per heavy atom. The molecule has 2 fully saturated rings. The van der Waals surface area contributed by atoms with Crippen LogP contribution in [0.5, 0.6) is 0 Å². The summed E-state index contributed by atoms with van der Waals surface area (Å²) in [5.41, 5.74) is 1.75. The highest BCUT2D eigenvalue weighted by atomic mass is 19.1. The summed E-state index contributed by atoms with van der Waals surface area (Å²) in [5.74, 6) is -1.37. The summed E-state index contributed by atoms with van der Waals surface area (Å²) in [6, 6.07) is 2.83. The maximum Gasteiger partial charge on any atom is 0.407 e. The second kappa shape index (κ2) is 11.5. The number of likely N-dealkylation sites (tertiary alicyclic amines) is 1. The van der Waals surface area contributed by atoms with Crippen molar-refractivity contribution in [3.8, 4) is 0 Å². The molecule has 3 aromatic rings. The van der Waals surface area contributed by atoms with Crippen LogP contribution in [-0.2, 0) is 11.2 Å². The molecular formula is C29H37FN6O5. The first-order chi connectivity index (χ1) is 19.6. The Labute approximate surface area is 237 Å². The summed E-state index contributed by atoms with van der Waals surface area (Å²) in [6.45, 7) is 4.12. The van der Waals surface area contributed by atoms with Crippen LogP contribution in [-0.4, -0.2) is 75.1 Å². The number of fused-ring (bicyclic) bond motifs is 1. The molecule has 3 unspecified atom stereocenters. The van der Waals surface area contributed by atoms with E-state index in [-0.39, 0.29) is 41.9 Å². The summed E-state index contributed by atoms with van der Waals surface area (Å²) >= 11 is 0. The fourth-order valence-corrected chi connectivity index (χ4v) is 6.31. The fraction of sp³-hybridized carbons (Fsp3) is 0.552. The molecule has 0 bridgehead atoms. The van der Waals surface area contributed by atoms with Gasteiger partial charge in [0, 0.05) is 33.1 Å². The van der Waals surface area contributed by atoms with E-state index >= 15 is 4.39 Å². The maximum atomic E-state index is 16.2. The number of halogens is 1. The van der Waals surface area contributed by atoms with Gasteiger partial charge in [-0.2, -0.15) is 0 Å². The molecular weight excluding hydrogens is 531 g/mol. The molecule has 1 aliphatic heterocycles. The third kappa shape index (κ3) is 5.51. The number of amides is 3. The van der Waals surface area contributed by atoms with Crippen LogP contribution in [0.2, 0.25) is 0 Å². The second-order valence-electron chi connectivity index (χ2n) is 11.6. The number of carboxylic acid groups (broad SMARTS) is 1. The zero-order valence-corrected chi connectivity index (χ0v) is 23.8. The highest BCUT2D eigenvalue weighted by Gasteiger charge is 2.43. The van der Waals surface area contributed by atoms with Gasteiger partial charge in [-0.15, -0.1) is 0 Å². The van der Waals surface area contributed by atoms with Crippen molar-refractivity contribution in [3.63, 3.8) is 0 Å². The molecule has 3 atom stereocenters. The molecule has 5 rings (SSSR count). The van der Waals surface area contributed by atoms with E-state index in [9.17, 15) is 19.5 Å². The monoisotopic (exact) mass is 568 g/mol. The number of aromatic nitrogens is 3. The lowest BCUT2D eigenvalue weighted by Crippen LogP contribution is -2.36. The smallest absolute Gasteiger partial charge is 0.407 e. The van der Waals surface area contributed by atoms with Crippen LogP contribution < -0.4 is 5.32 Å². The minimum Gasteiger partial charge on any atom is -0.465 e. The number of aryl methyl sites for hydroxylation is 1. The van der Waals surface area contributed by atoms with E-state index in [0.29, 0.717) is 34.9 Å². The number of hydrogen-bond donors (Lipinski definition) is 3. The number of benzene rings is 1. The van der Waals surface area contributed by atoms with Crippen molar-refractivity contribution in [2.24, 2.45) is 17.8 Å².